The molecule has 0 radical (unpaired) electrons. The van der Waals surface area contributed by atoms with Crippen molar-refractivity contribution in [3.8, 4) is 0 Å². The molecule has 0 saturated heterocycles. The van der Waals surface area contributed by atoms with E-state index < -0.39 is 0 Å². The second-order valence-electron chi connectivity index (χ2n) is 3.52. The molecule has 1 aromatic heterocycles. The highest BCUT2D eigenvalue weighted by Gasteiger charge is 2.18. The third-order valence-electron chi connectivity index (χ3n) is 2.16. The molecule has 90 valence electrons. The number of ether oxygens (including phenoxy) is 1. The molecule has 5 heteroatoms. The van der Waals surface area contributed by atoms with Crippen molar-refractivity contribution in [2.75, 3.05) is 13.2 Å². The van der Waals surface area contributed by atoms with E-state index in [9.17, 15) is 4.79 Å². The number of nitrogens with one attached hydrogen (secondary N) is 1. The third-order valence-corrected chi connectivity index (χ3v) is 2.16. The summed E-state index contributed by atoms with van der Waals surface area (Å²) >= 11 is 0. The first-order valence-corrected chi connectivity index (χ1v) is 5.63. The summed E-state index contributed by atoms with van der Waals surface area (Å²) in [7, 11) is 0. The first-order valence-electron chi connectivity index (χ1n) is 5.63. The monoisotopic (exact) mass is 225 g/mol. The van der Waals surface area contributed by atoms with Crippen LogP contribution in [0.3, 0.4) is 0 Å². The molecule has 0 aliphatic rings. The van der Waals surface area contributed by atoms with Crippen LogP contribution in [0.25, 0.3) is 0 Å². The van der Waals surface area contributed by atoms with Gasteiger partial charge in [0.15, 0.2) is 0 Å². The van der Waals surface area contributed by atoms with E-state index in [0.717, 1.165) is 13.0 Å². The van der Waals surface area contributed by atoms with Crippen LogP contribution in [-0.2, 0) is 16.1 Å². The molecule has 0 aliphatic carbocycles. The van der Waals surface area contributed by atoms with E-state index >= 15 is 0 Å². The zero-order valence-corrected chi connectivity index (χ0v) is 9.85. The molecular weight excluding hydrogens is 206 g/mol. The number of rotatable bonds is 7. The van der Waals surface area contributed by atoms with Gasteiger partial charge in [0.2, 0.25) is 0 Å². The van der Waals surface area contributed by atoms with Crippen molar-refractivity contribution < 1.29 is 9.53 Å². The fourth-order valence-electron chi connectivity index (χ4n) is 1.39. The van der Waals surface area contributed by atoms with Crippen molar-refractivity contribution in [3.63, 3.8) is 0 Å². The van der Waals surface area contributed by atoms with E-state index in [-0.39, 0.29) is 12.0 Å². The summed E-state index contributed by atoms with van der Waals surface area (Å²) in [6.45, 7) is 5.64. The summed E-state index contributed by atoms with van der Waals surface area (Å²) in [5, 5.41) is 3.17. The highest BCUT2D eigenvalue weighted by atomic mass is 16.5. The molecule has 0 saturated carbocycles. The lowest BCUT2D eigenvalue weighted by molar-refractivity contribution is -0.146. The molecule has 1 unspecified atom stereocenters. The average Bonchev–Trinajstić information content (AvgIpc) is 2.77. The number of imidazole rings is 1. The number of hydrogen-bond donors (Lipinski definition) is 1. The Labute approximate surface area is 95.8 Å². The van der Waals surface area contributed by atoms with E-state index in [1.807, 2.05) is 17.7 Å². The minimum Gasteiger partial charge on any atom is -0.465 e. The fourth-order valence-corrected chi connectivity index (χ4v) is 1.39. The molecule has 1 N–H and O–H groups in total. The summed E-state index contributed by atoms with van der Waals surface area (Å²) in [4.78, 5) is 15.6. The second-order valence-corrected chi connectivity index (χ2v) is 3.52. The first-order chi connectivity index (χ1) is 7.77. The van der Waals surface area contributed by atoms with Gasteiger partial charge in [0.25, 0.3) is 0 Å². The summed E-state index contributed by atoms with van der Waals surface area (Å²) in [6, 6.07) is -0.297. The molecule has 0 spiro atoms. The Morgan fingerprint density at radius 2 is 2.38 bits per heavy atom. The molecule has 0 amide bonds. The van der Waals surface area contributed by atoms with Gasteiger partial charge in [0, 0.05) is 18.9 Å². The van der Waals surface area contributed by atoms with Crippen molar-refractivity contribution in [2.24, 2.45) is 0 Å². The molecule has 0 fully saturated rings. The number of carbonyl (C=O) groups is 1. The zero-order valence-electron chi connectivity index (χ0n) is 9.85. The van der Waals surface area contributed by atoms with E-state index in [4.69, 9.17) is 4.74 Å². The standard InChI is InChI=1S/C11H19N3O2/c1-3-5-13-10(11(15)16-4-2)8-14-7-6-12-9-14/h6-7,9-10,13H,3-5,8H2,1-2H3. The van der Waals surface area contributed by atoms with Gasteiger partial charge in [0.1, 0.15) is 6.04 Å². The van der Waals surface area contributed by atoms with Crippen LogP contribution < -0.4 is 5.32 Å². The molecule has 0 aliphatic heterocycles. The minimum atomic E-state index is -0.297. The summed E-state index contributed by atoms with van der Waals surface area (Å²) in [5.41, 5.74) is 0. The first kappa shape index (κ1) is 12.7. The van der Waals surface area contributed by atoms with Gasteiger partial charge in [0.05, 0.1) is 12.9 Å². The normalized spacial score (nSPS) is 12.4. The molecule has 0 bridgehead atoms. The zero-order chi connectivity index (χ0) is 11.8. The van der Waals surface area contributed by atoms with Gasteiger partial charge in [-0.15, -0.1) is 0 Å². The number of nitrogens with zero attached hydrogens (tertiary/aromatic N) is 2. The van der Waals surface area contributed by atoms with Crippen molar-refractivity contribution in [1.82, 2.24) is 14.9 Å². The Bertz CT molecular complexity index is 298. The Morgan fingerprint density at radius 3 is 2.94 bits per heavy atom. The molecule has 1 rings (SSSR count). The number of esters is 1. The van der Waals surface area contributed by atoms with Crippen molar-refractivity contribution in [3.05, 3.63) is 18.7 Å². The van der Waals surface area contributed by atoms with E-state index in [2.05, 4.69) is 17.2 Å². The lowest BCUT2D eigenvalue weighted by atomic mass is 10.3. The number of aromatic nitrogens is 2. The van der Waals surface area contributed by atoms with Crippen LogP contribution in [0.5, 0.6) is 0 Å². The largest absolute Gasteiger partial charge is 0.465 e. The Kier molecular flexibility index (Phi) is 5.56. The topological polar surface area (TPSA) is 56.2 Å². The van der Waals surface area contributed by atoms with Crippen LogP contribution in [0.4, 0.5) is 0 Å². The molecule has 1 heterocycles. The molecule has 1 aromatic rings. The van der Waals surface area contributed by atoms with Gasteiger partial charge in [-0.3, -0.25) is 4.79 Å². The lowest BCUT2D eigenvalue weighted by Crippen LogP contribution is -2.41. The molecular formula is C11H19N3O2. The molecule has 0 aromatic carbocycles. The van der Waals surface area contributed by atoms with Gasteiger partial charge >= 0.3 is 5.97 Å². The lowest BCUT2D eigenvalue weighted by Gasteiger charge is -2.17. The molecule has 5 nitrogen and oxygen atoms in total. The SMILES string of the molecule is CCCNC(Cn1ccnc1)C(=O)OCC. The second kappa shape index (κ2) is 7.00. The Balaban J connectivity index is 2.52. The number of hydrogen-bond acceptors (Lipinski definition) is 4. The van der Waals surface area contributed by atoms with Crippen LogP contribution in [0.15, 0.2) is 18.7 Å². The van der Waals surface area contributed by atoms with E-state index in [1.54, 1.807) is 12.5 Å². The predicted octanol–water partition coefficient (Wildman–Crippen LogP) is 0.814. The fraction of sp³-hybridized carbons (Fsp3) is 0.636. The Hall–Kier alpha value is -1.36. The maximum Gasteiger partial charge on any atom is 0.324 e. The van der Waals surface area contributed by atoms with E-state index in [1.165, 1.54) is 0 Å². The van der Waals surface area contributed by atoms with Crippen LogP contribution in [-0.4, -0.2) is 34.7 Å². The van der Waals surface area contributed by atoms with Crippen LogP contribution >= 0.6 is 0 Å². The van der Waals surface area contributed by atoms with Crippen LogP contribution in [0.1, 0.15) is 20.3 Å². The quantitative estimate of drug-likeness (QED) is 0.698. The van der Waals surface area contributed by atoms with Gasteiger partial charge in [-0.25, -0.2) is 4.98 Å². The maximum atomic E-state index is 11.7. The van der Waals surface area contributed by atoms with Crippen LogP contribution in [0, 0.1) is 0 Å². The smallest absolute Gasteiger partial charge is 0.324 e. The van der Waals surface area contributed by atoms with Gasteiger partial charge in [-0.05, 0) is 19.9 Å². The van der Waals surface area contributed by atoms with Crippen molar-refractivity contribution in [1.29, 1.82) is 0 Å². The summed E-state index contributed by atoms with van der Waals surface area (Å²) < 4.78 is 6.88. The average molecular weight is 225 g/mol. The van der Waals surface area contributed by atoms with E-state index in [0.29, 0.717) is 13.2 Å². The predicted molar refractivity (Wildman–Crippen MR) is 60.9 cm³/mol. The summed E-state index contributed by atoms with van der Waals surface area (Å²) in [5.74, 6) is -0.204. The molecule has 16 heavy (non-hydrogen) atoms. The number of carbonyl (C=O) groups excluding carboxylic acids is 1. The highest BCUT2D eigenvalue weighted by molar-refractivity contribution is 5.75. The van der Waals surface area contributed by atoms with Gasteiger partial charge in [-0.2, -0.15) is 0 Å². The Morgan fingerprint density at radius 1 is 1.56 bits per heavy atom. The molecule has 1 atom stereocenters. The van der Waals surface area contributed by atoms with Crippen molar-refractivity contribution >= 4 is 5.97 Å². The summed E-state index contributed by atoms with van der Waals surface area (Å²) in [6.07, 6.45) is 6.21. The maximum absolute atomic E-state index is 11.7. The van der Waals surface area contributed by atoms with Gasteiger partial charge < -0.3 is 14.6 Å². The third kappa shape index (κ3) is 4.02. The van der Waals surface area contributed by atoms with Gasteiger partial charge in [-0.1, -0.05) is 6.92 Å². The van der Waals surface area contributed by atoms with Crippen molar-refractivity contribution in [2.45, 2.75) is 32.9 Å². The van der Waals surface area contributed by atoms with Crippen LogP contribution in [0.2, 0.25) is 0 Å². The minimum absolute atomic E-state index is 0.204. The highest BCUT2D eigenvalue weighted by Crippen LogP contribution is 1.96.